The van der Waals surface area contributed by atoms with Gasteiger partial charge >= 0.3 is 0 Å². The van der Waals surface area contributed by atoms with E-state index in [2.05, 4.69) is 12.2 Å². The first kappa shape index (κ1) is 15.3. The molecule has 2 unspecified atom stereocenters. The lowest BCUT2D eigenvalue weighted by Gasteiger charge is -2.33. The summed E-state index contributed by atoms with van der Waals surface area (Å²) in [5.41, 5.74) is 0. The van der Waals surface area contributed by atoms with Gasteiger partial charge < -0.3 is 15.3 Å². The number of hydrogen-bond donors (Lipinski definition) is 2. The molecule has 2 amide bonds. The van der Waals surface area contributed by atoms with E-state index in [-0.39, 0.29) is 24.3 Å². The summed E-state index contributed by atoms with van der Waals surface area (Å²) >= 11 is 0. The molecule has 2 fully saturated rings. The maximum atomic E-state index is 12.1. The van der Waals surface area contributed by atoms with Gasteiger partial charge in [0.25, 0.3) is 0 Å². The molecule has 20 heavy (non-hydrogen) atoms. The highest BCUT2D eigenvalue weighted by molar-refractivity contribution is 5.89. The van der Waals surface area contributed by atoms with Crippen molar-refractivity contribution in [1.29, 1.82) is 0 Å². The molecule has 2 N–H and O–H groups in total. The van der Waals surface area contributed by atoms with Crippen molar-refractivity contribution in [3.63, 3.8) is 0 Å². The van der Waals surface area contributed by atoms with Gasteiger partial charge in [0.05, 0.1) is 12.0 Å². The number of nitrogens with one attached hydrogen (secondary N) is 1. The Balaban J connectivity index is 1.85. The number of carbonyl (C=O) groups is 2. The van der Waals surface area contributed by atoms with Gasteiger partial charge in [-0.25, -0.2) is 0 Å². The monoisotopic (exact) mass is 282 g/mol. The third-order valence-corrected chi connectivity index (χ3v) is 4.53. The van der Waals surface area contributed by atoms with Crippen molar-refractivity contribution in [2.24, 2.45) is 11.8 Å². The highest BCUT2D eigenvalue weighted by Crippen LogP contribution is 2.31. The predicted molar refractivity (Wildman–Crippen MR) is 75.9 cm³/mol. The van der Waals surface area contributed by atoms with Gasteiger partial charge in [-0.15, -0.1) is 0 Å². The molecule has 0 radical (unpaired) electrons. The van der Waals surface area contributed by atoms with Crippen LogP contribution in [0.2, 0.25) is 0 Å². The Morgan fingerprint density at radius 3 is 2.65 bits per heavy atom. The summed E-state index contributed by atoms with van der Waals surface area (Å²) in [6.07, 6.45) is 4.24. The zero-order valence-electron chi connectivity index (χ0n) is 12.5. The van der Waals surface area contributed by atoms with E-state index >= 15 is 0 Å². The molecule has 5 heteroatoms. The zero-order chi connectivity index (χ0) is 14.7. The molecule has 0 spiro atoms. The lowest BCUT2D eigenvalue weighted by Crippen LogP contribution is -2.40. The van der Waals surface area contributed by atoms with Crippen LogP contribution < -0.4 is 5.32 Å². The van der Waals surface area contributed by atoms with Gasteiger partial charge in [0.2, 0.25) is 11.8 Å². The second-order valence-electron chi connectivity index (χ2n) is 6.46. The molecule has 0 bridgehead atoms. The third kappa shape index (κ3) is 3.72. The molecule has 1 heterocycles. The SMILES string of the molecule is CC(O)CNC(=O)C1CC(=O)N(C2CCC(C)CC2)C1. The molecule has 1 aliphatic heterocycles. The lowest BCUT2D eigenvalue weighted by molar-refractivity contribution is -0.131. The summed E-state index contributed by atoms with van der Waals surface area (Å²) in [4.78, 5) is 26.0. The summed E-state index contributed by atoms with van der Waals surface area (Å²) in [6, 6.07) is 0.327. The second-order valence-corrected chi connectivity index (χ2v) is 6.46. The van der Waals surface area contributed by atoms with Crippen LogP contribution in [0.25, 0.3) is 0 Å². The van der Waals surface area contributed by atoms with E-state index in [0.717, 1.165) is 18.8 Å². The van der Waals surface area contributed by atoms with Gasteiger partial charge in [0.1, 0.15) is 0 Å². The van der Waals surface area contributed by atoms with Crippen molar-refractivity contribution in [2.75, 3.05) is 13.1 Å². The van der Waals surface area contributed by atoms with Crippen LogP contribution >= 0.6 is 0 Å². The normalized spacial score (nSPS) is 32.2. The zero-order valence-corrected chi connectivity index (χ0v) is 12.5. The van der Waals surface area contributed by atoms with Crippen molar-refractivity contribution < 1.29 is 14.7 Å². The fraction of sp³-hybridized carbons (Fsp3) is 0.867. The maximum Gasteiger partial charge on any atom is 0.225 e. The number of aliphatic hydroxyl groups excluding tert-OH is 1. The molecule has 0 aromatic carbocycles. The fourth-order valence-corrected chi connectivity index (χ4v) is 3.21. The number of likely N-dealkylation sites (tertiary alicyclic amines) is 1. The van der Waals surface area contributed by atoms with Crippen molar-refractivity contribution in [1.82, 2.24) is 10.2 Å². The average Bonchev–Trinajstić information content (AvgIpc) is 2.79. The van der Waals surface area contributed by atoms with Crippen LogP contribution in [0.1, 0.15) is 46.0 Å². The number of hydrogen-bond acceptors (Lipinski definition) is 3. The molecule has 2 rings (SSSR count). The van der Waals surface area contributed by atoms with E-state index in [1.807, 2.05) is 4.90 Å². The minimum atomic E-state index is -0.549. The van der Waals surface area contributed by atoms with Crippen LogP contribution in [0.15, 0.2) is 0 Å². The van der Waals surface area contributed by atoms with Gasteiger partial charge in [-0.3, -0.25) is 9.59 Å². The number of amides is 2. The topological polar surface area (TPSA) is 69.6 Å². The largest absolute Gasteiger partial charge is 0.392 e. The number of rotatable bonds is 4. The third-order valence-electron chi connectivity index (χ3n) is 4.53. The van der Waals surface area contributed by atoms with E-state index in [1.165, 1.54) is 12.8 Å². The lowest BCUT2D eigenvalue weighted by atomic mass is 9.87. The maximum absolute atomic E-state index is 12.1. The Kier molecular flexibility index (Phi) is 5.02. The summed E-state index contributed by atoms with van der Waals surface area (Å²) in [6.45, 7) is 4.69. The summed E-state index contributed by atoms with van der Waals surface area (Å²) in [7, 11) is 0. The van der Waals surface area contributed by atoms with Gasteiger partial charge in [0.15, 0.2) is 0 Å². The van der Waals surface area contributed by atoms with E-state index in [4.69, 9.17) is 0 Å². The van der Waals surface area contributed by atoms with Gasteiger partial charge in [-0.2, -0.15) is 0 Å². The van der Waals surface area contributed by atoms with Crippen LogP contribution in [-0.4, -0.2) is 47.1 Å². The Hall–Kier alpha value is -1.10. The Bertz CT molecular complexity index is 362. The summed E-state index contributed by atoms with van der Waals surface area (Å²) in [5, 5.41) is 11.9. The minimum absolute atomic E-state index is 0.106. The second kappa shape index (κ2) is 6.57. The highest BCUT2D eigenvalue weighted by atomic mass is 16.3. The first-order chi connectivity index (χ1) is 9.47. The Labute approximate surface area is 120 Å². The highest BCUT2D eigenvalue weighted by Gasteiger charge is 2.38. The van der Waals surface area contributed by atoms with Crippen LogP contribution in [-0.2, 0) is 9.59 Å². The number of aliphatic hydroxyl groups is 1. The van der Waals surface area contributed by atoms with Crippen LogP contribution in [0.4, 0.5) is 0 Å². The quantitative estimate of drug-likeness (QED) is 0.805. The van der Waals surface area contributed by atoms with Gasteiger partial charge in [0, 0.05) is 25.6 Å². The fourth-order valence-electron chi connectivity index (χ4n) is 3.21. The van der Waals surface area contributed by atoms with Crippen molar-refractivity contribution in [3.05, 3.63) is 0 Å². The molecular weight excluding hydrogens is 256 g/mol. The molecule has 2 atom stereocenters. The predicted octanol–water partition coefficient (Wildman–Crippen LogP) is 0.911. The standard InChI is InChI=1S/C15H26N2O3/c1-10-3-5-13(6-4-10)17-9-12(7-14(17)19)15(20)16-8-11(2)18/h10-13,18H,3-9H2,1-2H3,(H,16,20). The Morgan fingerprint density at radius 1 is 1.40 bits per heavy atom. The number of nitrogens with zero attached hydrogens (tertiary/aromatic N) is 1. The molecule has 1 saturated heterocycles. The summed E-state index contributed by atoms with van der Waals surface area (Å²) in [5.74, 6) is 0.516. The molecular formula is C15H26N2O3. The van der Waals surface area contributed by atoms with Crippen molar-refractivity contribution in [3.8, 4) is 0 Å². The van der Waals surface area contributed by atoms with E-state index in [0.29, 0.717) is 19.0 Å². The van der Waals surface area contributed by atoms with Crippen LogP contribution in [0.3, 0.4) is 0 Å². The van der Waals surface area contributed by atoms with Crippen molar-refractivity contribution in [2.45, 2.75) is 58.1 Å². The molecule has 1 aliphatic carbocycles. The Morgan fingerprint density at radius 2 is 2.05 bits per heavy atom. The molecule has 5 nitrogen and oxygen atoms in total. The van der Waals surface area contributed by atoms with Crippen LogP contribution in [0, 0.1) is 11.8 Å². The summed E-state index contributed by atoms with van der Waals surface area (Å²) < 4.78 is 0. The first-order valence-corrected chi connectivity index (χ1v) is 7.72. The average molecular weight is 282 g/mol. The molecule has 0 aromatic rings. The number of carbonyl (C=O) groups excluding carboxylic acids is 2. The van der Waals surface area contributed by atoms with Crippen molar-refractivity contribution >= 4 is 11.8 Å². The smallest absolute Gasteiger partial charge is 0.225 e. The van der Waals surface area contributed by atoms with Gasteiger partial charge in [-0.05, 0) is 38.5 Å². The molecule has 0 aromatic heterocycles. The molecule has 2 aliphatic rings. The van der Waals surface area contributed by atoms with E-state index in [1.54, 1.807) is 6.92 Å². The van der Waals surface area contributed by atoms with Crippen LogP contribution in [0.5, 0.6) is 0 Å². The first-order valence-electron chi connectivity index (χ1n) is 7.72. The molecule has 1 saturated carbocycles. The van der Waals surface area contributed by atoms with E-state index < -0.39 is 6.10 Å². The van der Waals surface area contributed by atoms with E-state index in [9.17, 15) is 14.7 Å². The van der Waals surface area contributed by atoms with Gasteiger partial charge in [-0.1, -0.05) is 6.92 Å². The minimum Gasteiger partial charge on any atom is -0.392 e. The molecule has 114 valence electrons.